The van der Waals surface area contributed by atoms with Crippen LogP contribution in [0.3, 0.4) is 0 Å². The van der Waals surface area contributed by atoms with Crippen LogP contribution in [0.1, 0.15) is 43.1 Å². The number of hydrogen-bond acceptors (Lipinski definition) is 3. The van der Waals surface area contributed by atoms with Gasteiger partial charge in [0.15, 0.2) is 0 Å². The maximum atomic E-state index is 12.6. The highest BCUT2D eigenvalue weighted by atomic mass is 79.9. The average molecular weight is 384 g/mol. The lowest BCUT2D eigenvalue weighted by molar-refractivity contribution is -0.190. The first-order valence-corrected chi connectivity index (χ1v) is 8.38. The first-order valence-electron chi connectivity index (χ1n) is 7.59. The van der Waals surface area contributed by atoms with Crippen LogP contribution in [0, 0.1) is 12.3 Å². The standard InChI is InChI=1S/C17H22BrNO4/c1-5-23-13-9-17(15(21)22,16(13,3)4)19-14(20)12-7-6-11(18)8-10(12)2/h6-8,13H,5,9H2,1-4H3,(H,19,20)(H,21,22). The van der Waals surface area contributed by atoms with Gasteiger partial charge < -0.3 is 15.2 Å². The minimum Gasteiger partial charge on any atom is -0.479 e. The summed E-state index contributed by atoms with van der Waals surface area (Å²) >= 11 is 3.36. The highest BCUT2D eigenvalue weighted by Gasteiger charge is 2.66. The molecule has 23 heavy (non-hydrogen) atoms. The fourth-order valence-corrected chi connectivity index (χ4v) is 3.66. The number of carbonyl (C=O) groups is 2. The molecule has 0 bridgehead atoms. The summed E-state index contributed by atoms with van der Waals surface area (Å²) < 4.78 is 6.48. The fraction of sp³-hybridized carbons (Fsp3) is 0.529. The number of halogens is 1. The molecule has 6 heteroatoms. The van der Waals surface area contributed by atoms with Gasteiger partial charge in [-0.3, -0.25) is 4.79 Å². The van der Waals surface area contributed by atoms with Crippen LogP contribution in [0.2, 0.25) is 0 Å². The molecule has 1 saturated carbocycles. The van der Waals surface area contributed by atoms with Gasteiger partial charge in [-0.25, -0.2) is 4.79 Å². The number of carboxylic acids is 1. The molecule has 2 rings (SSSR count). The molecule has 1 aliphatic rings. The Morgan fingerprint density at radius 3 is 2.57 bits per heavy atom. The predicted octanol–water partition coefficient (Wildman–Crippen LogP) is 3.15. The quantitative estimate of drug-likeness (QED) is 0.818. The molecule has 1 aromatic carbocycles. The Morgan fingerprint density at radius 1 is 1.43 bits per heavy atom. The van der Waals surface area contributed by atoms with Crippen molar-refractivity contribution >= 4 is 27.8 Å². The Balaban J connectivity index is 2.28. The highest BCUT2D eigenvalue weighted by Crippen LogP contribution is 2.51. The van der Waals surface area contributed by atoms with Gasteiger partial charge in [-0.2, -0.15) is 0 Å². The summed E-state index contributed by atoms with van der Waals surface area (Å²) in [7, 11) is 0. The number of rotatable bonds is 5. The van der Waals surface area contributed by atoms with E-state index in [9.17, 15) is 14.7 Å². The summed E-state index contributed by atoms with van der Waals surface area (Å²) in [4.78, 5) is 24.5. The van der Waals surface area contributed by atoms with Crippen molar-refractivity contribution in [2.45, 2.75) is 45.8 Å². The topological polar surface area (TPSA) is 75.6 Å². The molecule has 1 fully saturated rings. The van der Waals surface area contributed by atoms with Gasteiger partial charge in [-0.15, -0.1) is 0 Å². The summed E-state index contributed by atoms with van der Waals surface area (Å²) in [5.74, 6) is -1.40. The third kappa shape index (κ3) is 2.90. The molecule has 0 saturated heterocycles. The molecule has 2 unspecified atom stereocenters. The van der Waals surface area contributed by atoms with E-state index in [2.05, 4.69) is 21.2 Å². The van der Waals surface area contributed by atoms with E-state index in [1.807, 2.05) is 33.8 Å². The van der Waals surface area contributed by atoms with Crippen LogP contribution in [0.15, 0.2) is 22.7 Å². The van der Waals surface area contributed by atoms with Crippen LogP contribution < -0.4 is 5.32 Å². The van der Waals surface area contributed by atoms with Crippen molar-refractivity contribution < 1.29 is 19.4 Å². The Bertz CT molecular complexity index is 643. The molecule has 0 aromatic heterocycles. The van der Waals surface area contributed by atoms with Gasteiger partial charge in [0.05, 0.1) is 6.10 Å². The van der Waals surface area contributed by atoms with Gasteiger partial charge in [-0.1, -0.05) is 29.8 Å². The predicted molar refractivity (Wildman–Crippen MR) is 90.5 cm³/mol. The van der Waals surface area contributed by atoms with Crippen LogP contribution in [0.4, 0.5) is 0 Å². The number of aliphatic carboxylic acids is 1. The largest absolute Gasteiger partial charge is 0.479 e. The maximum absolute atomic E-state index is 12.6. The normalized spacial score (nSPS) is 25.5. The van der Waals surface area contributed by atoms with Gasteiger partial charge in [0, 0.05) is 28.5 Å². The van der Waals surface area contributed by atoms with Crippen LogP contribution in [-0.2, 0) is 9.53 Å². The lowest BCUT2D eigenvalue weighted by Crippen LogP contribution is -2.76. The smallest absolute Gasteiger partial charge is 0.330 e. The first-order chi connectivity index (χ1) is 10.7. The molecule has 1 aromatic rings. The number of carbonyl (C=O) groups excluding carboxylic acids is 1. The first kappa shape index (κ1) is 17.9. The second-order valence-corrected chi connectivity index (χ2v) is 7.41. The minimum absolute atomic E-state index is 0.185. The van der Waals surface area contributed by atoms with Crippen molar-refractivity contribution in [3.8, 4) is 0 Å². The molecule has 1 aliphatic carbocycles. The average Bonchev–Trinajstić information content (AvgIpc) is 2.45. The second kappa shape index (κ2) is 6.24. The van der Waals surface area contributed by atoms with E-state index in [0.717, 1.165) is 10.0 Å². The van der Waals surface area contributed by atoms with E-state index in [-0.39, 0.29) is 18.4 Å². The third-order valence-corrected chi connectivity index (χ3v) is 5.38. The molecular weight excluding hydrogens is 362 g/mol. The van der Waals surface area contributed by atoms with E-state index in [4.69, 9.17) is 4.74 Å². The van der Waals surface area contributed by atoms with Crippen molar-refractivity contribution in [2.24, 2.45) is 5.41 Å². The number of amides is 1. The number of ether oxygens (including phenoxy) is 1. The molecular formula is C17H22BrNO4. The SMILES string of the molecule is CCOC1CC(NC(=O)c2ccc(Br)cc2C)(C(=O)O)C1(C)C. The number of aryl methyl sites for hydroxylation is 1. The minimum atomic E-state index is -1.32. The van der Waals surface area contributed by atoms with Gasteiger partial charge in [-0.05, 0) is 37.6 Å². The van der Waals surface area contributed by atoms with E-state index in [1.54, 1.807) is 12.1 Å². The monoisotopic (exact) mass is 383 g/mol. The molecule has 126 valence electrons. The van der Waals surface area contributed by atoms with Crippen LogP contribution in [-0.4, -0.2) is 35.2 Å². The number of benzene rings is 1. The zero-order valence-corrected chi connectivity index (χ0v) is 15.4. The number of hydrogen-bond donors (Lipinski definition) is 2. The van der Waals surface area contributed by atoms with Crippen LogP contribution >= 0.6 is 15.9 Å². The molecule has 0 spiro atoms. The Morgan fingerprint density at radius 2 is 2.09 bits per heavy atom. The zero-order chi connectivity index (χ0) is 17.4. The van der Waals surface area contributed by atoms with Gasteiger partial charge in [0.25, 0.3) is 5.91 Å². The molecule has 2 atom stereocenters. The number of carboxylic acid groups (broad SMARTS) is 1. The summed E-state index contributed by atoms with van der Waals surface area (Å²) in [6.45, 7) is 7.85. The molecule has 0 radical (unpaired) electrons. The van der Waals surface area contributed by atoms with Gasteiger partial charge >= 0.3 is 5.97 Å². The van der Waals surface area contributed by atoms with Crippen molar-refractivity contribution in [1.82, 2.24) is 5.32 Å². The van der Waals surface area contributed by atoms with Crippen LogP contribution in [0.25, 0.3) is 0 Å². The Labute approximate surface area is 144 Å². The fourth-order valence-electron chi connectivity index (χ4n) is 3.18. The molecule has 1 amide bonds. The lowest BCUT2D eigenvalue weighted by Gasteiger charge is -2.58. The molecule has 5 nitrogen and oxygen atoms in total. The van der Waals surface area contributed by atoms with Gasteiger partial charge in [0.2, 0.25) is 0 Å². The molecule has 0 heterocycles. The van der Waals surface area contributed by atoms with Crippen molar-refractivity contribution in [3.05, 3.63) is 33.8 Å². The maximum Gasteiger partial charge on any atom is 0.330 e. The summed E-state index contributed by atoms with van der Waals surface area (Å²) in [5, 5.41) is 12.5. The third-order valence-electron chi connectivity index (χ3n) is 4.89. The zero-order valence-electron chi connectivity index (χ0n) is 13.8. The van der Waals surface area contributed by atoms with Crippen molar-refractivity contribution in [3.63, 3.8) is 0 Å². The highest BCUT2D eigenvalue weighted by molar-refractivity contribution is 9.10. The van der Waals surface area contributed by atoms with Crippen LogP contribution in [0.5, 0.6) is 0 Å². The van der Waals surface area contributed by atoms with Crippen molar-refractivity contribution in [2.75, 3.05) is 6.61 Å². The number of nitrogens with one attached hydrogen (secondary N) is 1. The summed E-state index contributed by atoms with van der Waals surface area (Å²) in [6.07, 6.45) is 0.0831. The Hall–Kier alpha value is -1.40. The summed E-state index contributed by atoms with van der Waals surface area (Å²) in [5.41, 5.74) is -0.739. The molecule has 0 aliphatic heterocycles. The summed E-state index contributed by atoms with van der Waals surface area (Å²) in [6, 6.07) is 5.29. The van der Waals surface area contributed by atoms with E-state index in [0.29, 0.717) is 12.2 Å². The van der Waals surface area contributed by atoms with E-state index < -0.39 is 16.9 Å². The lowest BCUT2D eigenvalue weighted by atomic mass is 9.54. The van der Waals surface area contributed by atoms with Crippen molar-refractivity contribution in [1.29, 1.82) is 0 Å². The van der Waals surface area contributed by atoms with E-state index in [1.165, 1.54) is 0 Å². The van der Waals surface area contributed by atoms with E-state index >= 15 is 0 Å². The Kier molecular flexibility index (Phi) is 4.87. The van der Waals surface area contributed by atoms with Gasteiger partial charge in [0.1, 0.15) is 5.54 Å². The molecule has 2 N–H and O–H groups in total. The second-order valence-electron chi connectivity index (χ2n) is 6.49.